The van der Waals surface area contributed by atoms with Gasteiger partial charge in [0.05, 0.1) is 13.2 Å². The van der Waals surface area contributed by atoms with Crippen LogP contribution in [0.25, 0.3) is 0 Å². The first-order valence-electron chi connectivity index (χ1n) is 13.4. The molecule has 0 aliphatic carbocycles. The van der Waals surface area contributed by atoms with E-state index in [9.17, 15) is 9.59 Å². The van der Waals surface area contributed by atoms with Crippen molar-refractivity contribution in [3.05, 3.63) is 12.2 Å². The second-order valence-corrected chi connectivity index (χ2v) is 8.91. The van der Waals surface area contributed by atoms with Crippen molar-refractivity contribution in [2.45, 2.75) is 143 Å². The minimum atomic E-state index is -0.254. The fourth-order valence-corrected chi connectivity index (χ4v) is 3.30. The van der Waals surface area contributed by atoms with Crippen LogP contribution in [0.15, 0.2) is 12.2 Å². The molecular formula is C28H54O4. The summed E-state index contributed by atoms with van der Waals surface area (Å²) in [6.45, 7) is 12.2. The largest absolute Gasteiger partial charge is 0.466 e. The molecule has 32 heavy (non-hydrogen) atoms. The molecule has 0 heterocycles. The van der Waals surface area contributed by atoms with Crippen molar-refractivity contribution in [3.63, 3.8) is 0 Å². The lowest BCUT2D eigenvalue weighted by molar-refractivity contribution is -0.141. The summed E-state index contributed by atoms with van der Waals surface area (Å²) in [6, 6.07) is 0. The van der Waals surface area contributed by atoms with E-state index in [0.717, 1.165) is 19.3 Å². The first-order chi connectivity index (χ1) is 15.5. The fourth-order valence-electron chi connectivity index (χ4n) is 3.30. The highest BCUT2D eigenvalue weighted by Crippen LogP contribution is 2.13. The average molecular weight is 455 g/mol. The van der Waals surface area contributed by atoms with E-state index in [1.807, 2.05) is 0 Å². The molecule has 0 aliphatic heterocycles. The Morgan fingerprint density at radius 1 is 0.531 bits per heavy atom. The lowest BCUT2D eigenvalue weighted by Crippen LogP contribution is -2.05. The highest BCUT2D eigenvalue weighted by atomic mass is 16.5. The van der Waals surface area contributed by atoms with Crippen molar-refractivity contribution in [1.29, 1.82) is 0 Å². The van der Waals surface area contributed by atoms with Crippen LogP contribution in [-0.4, -0.2) is 25.2 Å². The number of unbranched alkanes of at least 4 members (excludes halogenated alkanes) is 16. The van der Waals surface area contributed by atoms with Gasteiger partial charge in [0.1, 0.15) is 0 Å². The van der Waals surface area contributed by atoms with Gasteiger partial charge in [0.2, 0.25) is 0 Å². The molecule has 0 aromatic carbocycles. The van der Waals surface area contributed by atoms with Gasteiger partial charge in [-0.25, -0.2) is 4.79 Å². The highest BCUT2D eigenvalue weighted by molar-refractivity contribution is 5.86. The molecule has 0 bridgehead atoms. The Morgan fingerprint density at radius 2 is 0.875 bits per heavy atom. The van der Waals surface area contributed by atoms with Crippen LogP contribution in [-0.2, 0) is 19.1 Å². The Hall–Kier alpha value is -1.32. The van der Waals surface area contributed by atoms with Crippen molar-refractivity contribution >= 4 is 11.9 Å². The number of carbonyl (C=O) groups is 2. The topological polar surface area (TPSA) is 52.6 Å². The smallest absolute Gasteiger partial charge is 0.333 e. The van der Waals surface area contributed by atoms with Gasteiger partial charge < -0.3 is 9.47 Å². The maximum atomic E-state index is 11.2. The summed E-state index contributed by atoms with van der Waals surface area (Å²) < 4.78 is 9.73. The summed E-state index contributed by atoms with van der Waals surface area (Å²) in [5.41, 5.74) is 0.492. The zero-order chi connectivity index (χ0) is 24.3. The summed E-state index contributed by atoms with van der Waals surface area (Å²) >= 11 is 0. The molecule has 0 spiro atoms. The van der Waals surface area contributed by atoms with E-state index >= 15 is 0 Å². The monoisotopic (exact) mass is 454 g/mol. The molecule has 4 heteroatoms. The zero-order valence-electron chi connectivity index (χ0n) is 22.0. The van der Waals surface area contributed by atoms with Crippen LogP contribution < -0.4 is 0 Å². The van der Waals surface area contributed by atoms with Crippen molar-refractivity contribution < 1.29 is 19.1 Å². The van der Waals surface area contributed by atoms with Gasteiger partial charge >= 0.3 is 11.9 Å². The van der Waals surface area contributed by atoms with E-state index < -0.39 is 0 Å². The molecule has 0 rings (SSSR count). The minimum Gasteiger partial charge on any atom is -0.466 e. The quantitative estimate of drug-likeness (QED) is 0.0988. The van der Waals surface area contributed by atoms with Crippen molar-refractivity contribution in [2.75, 3.05) is 13.2 Å². The summed E-state index contributed by atoms with van der Waals surface area (Å²) in [7, 11) is 0. The van der Waals surface area contributed by atoms with Gasteiger partial charge in [-0.2, -0.15) is 0 Å². The van der Waals surface area contributed by atoms with E-state index in [-0.39, 0.29) is 11.9 Å². The van der Waals surface area contributed by atoms with Gasteiger partial charge in [-0.1, -0.05) is 123 Å². The number of esters is 2. The van der Waals surface area contributed by atoms with Gasteiger partial charge in [-0.3, -0.25) is 4.79 Å². The molecule has 0 aromatic rings. The van der Waals surface area contributed by atoms with Gasteiger partial charge in [0.25, 0.3) is 0 Å². The molecule has 0 fully saturated rings. The predicted octanol–water partition coefficient (Wildman–Crippen LogP) is 8.72. The molecule has 0 unspecified atom stereocenters. The second-order valence-electron chi connectivity index (χ2n) is 8.91. The molecule has 0 aliphatic rings. The van der Waals surface area contributed by atoms with E-state index in [4.69, 9.17) is 4.74 Å². The van der Waals surface area contributed by atoms with E-state index in [0.29, 0.717) is 18.8 Å². The molecule has 4 nitrogen and oxygen atoms in total. The lowest BCUT2D eigenvalue weighted by atomic mass is 10.0. The number of carbonyl (C=O) groups excluding carboxylic acids is 2. The van der Waals surface area contributed by atoms with Crippen LogP contribution in [0.5, 0.6) is 0 Å². The third-order valence-corrected chi connectivity index (χ3v) is 5.38. The van der Waals surface area contributed by atoms with E-state index in [1.165, 1.54) is 103 Å². The van der Waals surface area contributed by atoms with Gasteiger partial charge in [-0.05, 0) is 19.8 Å². The van der Waals surface area contributed by atoms with Crippen molar-refractivity contribution in [3.8, 4) is 0 Å². The Bertz CT molecular complexity index is 431. The van der Waals surface area contributed by atoms with Crippen LogP contribution >= 0.6 is 0 Å². The number of rotatable bonds is 21. The van der Waals surface area contributed by atoms with E-state index in [1.54, 1.807) is 6.92 Å². The van der Waals surface area contributed by atoms with Crippen LogP contribution in [0.3, 0.4) is 0 Å². The summed E-state index contributed by atoms with van der Waals surface area (Å²) in [6.07, 6.45) is 23.8. The number of ether oxygens (including phenoxy) is 2. The summed E-state index contributed by atoms with van der Waals surface area (Å²) in [4.78, 5) is 21.3. The standard InChI is InChI=1S/C22H42O2.C6H12O2/c1-4-5-6-7-8-9-10-11-12-13-14-15-16-17-18-19-20-24-22(23)21(2)3;1-3-4-5-8-6(2)7/h2,4-20H2,1,3H3;3-5H2,1-2H3. The van der Waals surface area contributed by atoms with Gasteiger partial charge in [-0.15, -0.1) is 0 Å². The number of hydrogen-bond donors (Lipinski definition) is 0. The van der Waals surface area contributed by atoms with Gasteiger partial charge in [0, 0.05) is 12.5 Å². The zero-order valence-corrected chi connectivity index (χ0v) is 22.0. The van der Waals surface area contributed by atoms with Crippen molar-refractivity contribution in [1.82, 2.24) is 0 Å². The first-order valence-corrected chi connectivity index (χ1v) is 13.4. The maximum Gasteiger partial charge on any atom is 0.333 e. The molecule has 0 N–H and O–H groups in total. The molecule has 0 aromatic heterocycles. The van der Waals surface area contributed by atoms with E-state index in [2.05, 4.69) is 25.2 Å². The summed E-state index contributed by atoms with van der Waals surface area (Å²) in [5, 5.41) is 0. The summed E-state index contributed by atoms with van der Waals surface area (Å²) in [5.74, 6) is -0.436. The molecule has 0 radical (unpaired) electrons. The van der Waals surface area contributed by atoms with Crippen LogP contribution in [0, 0.1) is 0 Å². The highest BCUT2D eigenvalue weighted by Gasteiger charge is 2.01. The Labute approximate surface area is 199 Å². The van der Waals surface area contributed by atoms with Gasteiger partial charge in [0.15, 0.2) is 0 Å². The number of hydrogen-bond acceptors (Lipinski definition) is 4. The Balaban J connectivity index is 0. The van der Waals surface area contributed by atoms with Crippen molar-refractivity contribution in [2.24, 2.45) is 0 Å². The molecule has 0 atom stereocenters. The fraction of sp³-hybridized carbons (Fsp3) is 0.857. The average Bonchev–Trinajstić information content (AvgIpc) is 2.76. The Morgan fingerprint density at radius 3 is 1.22 bits per heavy atom. The molecule has 0 saturated carbocycles. The lowest BCUT2D eigenvalue weighted by Gasteiger charge is -2.05. The first kappa shape index (κ1) is 32.9. The Kier molecular flexibility index (Phi) is 28.5. The van der Waals surface area contributed by atoms with Crippen LogP contribution in [0.1, 0.15) is 143 Å². The third kappa shape index (κ3) is 30.9. The molecule has 0 saturated heterocycles. The molecular weight excluding hydrogens is 400 g/mol. The van der Waals surface area contributed by atoms with Crippen LogP contribution in [0.4, 0.5) is 0 Å². The molecule has 190 valence electrons. The maximum absolute atomic E-state index is 11.2. The predicted molar refractivity (Wildman–Crippen MR) is 137 cm³/mol. The third-order valence-electron chi connectivity index (χ3n) is 5.38. The SMILES string of the molecule is C=C(C)C(=O)OCCCCCCCCCCCCCCCCCC.CCCCOC(C)=O. The normalized spacial score (nSPS) is 10.2. The second kappa shape index (κ2) is 27.7. The molecule has 0 amide bonds. The minimum absolute atomic E-state index is 0.182. The van der Waals surface area contributed by atoms with Crippen LogP contribution in [0.2, 0.25) is 0 Å².